The van der Waals surface area contributed by atoms with E-state index in [0.717, 1.165) is 5.56 Å². The number of anilines is 1. The fourth-order valence-electron chi connectivity index (χ4n) is 2.42. The predicted octanol–water partition coefficient (Wildman–Crippen LogP) is 3.91. The van der Waals surface area contributed by atoms with Gasteiger partial charge in [-0.25, -0.2) is 4.39 Å². The van der Waals surface area contributed by atoms with Crippen LogP contribution in [0.15, 0.2) is 65.3 Å². The van der Waals surface area contributed by atoms with Crippen molar-refractivity contribution in [3.63, 3.8) is 0 Å². The lowest BCUT2D eigenvalue weighted by Gasteiger charge is -2.10. The number of benzene rings is 2. The molecule has 3 rings (SSSR count). The molecule has 6 heteroatoms. The van der Waals surface area contributed by atoms with Gasteiger partial charge < -0.3 is 15.1 Å². The molecule has 0 radical (unpaired) electrons. The van der Waals surface area contributed by atoms with E-state index in [4.69, 9.17) is 4.42 Å². The van der Waals surface area contributed by atoms with Crippen molar-refractivity contribution in [1.29, 1.82) is 0 Å². The molecule has 0 atom stereocenters. The van der Waals surface area contributed by atoms with Crippen molar-refractivity contribution in [2.24, 2.45) is 0 Å². The van der Waals surface area contributed by atoms with E-state index in [-0.39, 0.29) is 24.0 Å². The summed E-state index contributed by atoms with van der Waals surface area (Å²) in [5.74, 6) is -0.876. The summed E-state index contributed by atoms with van der Waals surface area (Å²) in [6, 6.07) is 14.2. The molecule has 2 amide bonds. The summed E-state index contributed by atoms with van der Waals surface area (Å²) in [7, 11) is 0. The van der Waals surface area contributed by atoms with E-state index in [1.54, 1.807) is 42.5 Å². The second kappa shape index (κ2) is 7.65. The highest BCUT2D eigenvalue weighted by atomic mass is 19.1. The number of carbonyl (C=O) groups excluding carboxylic acids is 2. The Balaban J connectivity index is 1.70. The topological polar surface area (TPSA) is 71.3 Å². The van der Waals surface area contributed by atoms with Gasteiger partial charge in [0.1, 0.15) is 5.82 Å². The lowest BCUT2D eigenvalue weighted by atomic mass is 10.1. The normalized spacial score (nSPS) is 10.4. The van der Waals surface area contributed by atoms with Gasteiger partial charge in [-0.3, -0.25) is 9.59 Å². The van der Waals surface area contributed by atoms with Gasteiger partial charge in [-0.1, -0.05) is 18.2 Å². The van der Waals surface area contributed by atoms with Gasteiger partial charge in [0.25, 0.3) is 11.8 Å². The summed E-state index contributed by atoms with van der Waals surface area (Å²) in [6.07, 6.45) is 1.41. The first-order chi connectivity index (χ1) is 12.5. The Morgan fingerprint density at radius 3 is 2.62 bits per heavy atom. The quantitative estimate of drug-likeness (QED) is 0.731. The van der Waals surface area contributed by atoms with Crippen molar-refractivity contribution in [3.8, 4) is 0 Å². The average molecular weight is 352 g/mol. The van der Waals surface area contributed by atoms with E-state index in [2.05, 4.69) is 10.6 Å². The molecule has 3 aromatic rings. The Kier molecular flexibility index (Phi) is 5.12. The number of amides is 2. The highest BCUT2D eigenvalue weighted by Crippen LogP contribution is 2.18. The molecule has 0 aliphatic heterocycles. The third-order valence-electron chi connectivity index (χ3n) is 3.84. The van der Waals surface area contributed by atoms with Gasteiger partial charge in [0.2, 0.25) is 0 Å². The Hall–Kier alpha value is -3.41. The highest BCUT2D eigenvalue weighted by molar-refractivity contribution is 6.03. The number of halogens is 1. The summed E-state index contributed by atoms with van der Waals surface area (Å²) in [4.78, 5) is 24.5. The van der Waals surface area contributed by atoms with Crippen molar-refractivity contribution < 1.29 is 18.4 Å². The molecular weight excluding hydrogens is 335 g/mol. The van der Waals surface area contributed by atoms with Crippen molar-refractivity contribution >= 4 is 17.5 Å². The van der Waals surface area contributed by atoms with Crippen molar-refractivity contribution in [2.45, 2.75) is 13.5 Å². The van der Waals surface area contributed by atoms with Gasteiger partial charge in [-0.15, -0.1) is 0 Å². The minimum absolute atomic E-state index is 0.186. The van der Waals surface area contributed by atoms with Gasteiger partial charge in [0.15, 0.2) is 5.76 Å². The summed E-state index contributed by atoms with van der Waals surface area (Å²) >= 11 is 0. The summed E-state index contributed by atoms with van der Waals surface area (Å²) in [5.41, 5.74) is 2.38. The van der Waals surface area contributed by atoms with E-state index in [1.807, 2.05) is 6.92 Å². The number of carbonyl (C=O) groups is 2. The van der Waals surface area contributed by atoms with Gasteiger partial charge in [-0.05, 0) is 54.4 Å². The summed E-state index contributed by atoms with van der Waals surface area (Å²) in [5, 5.41) is 5.46. The van der Waals surface area contributed by atoms with E-state index in [1.165, 1.54) is 18.4 Å². The molecule has 26 heavy (non-hydrogen) atoms. The molecule has 0 spiro atoms. The smallest absolute Gasteiger partial charge is 0.291 e. The highest BCUT2D eigenvalue weighted by Gasteiger charge is 2.13. The van der Waals surface area contributed by atoms with Crippen LogP contribution in [0.3, 0.4) is 0 Å². The Bertz CT molecular complexity index is 936. The van der Waals surface area contributed by atoms with E-state index >= 15 is 0 Å². The molecular formula is C20H17FN2O3. The van der Waals surface area contributed by atoms with Gasteiger partial charge in [-0.2, -0.15) is 0 Å². The fraction of sp³-hybridized carbons (Fsp3) is 0.100. The van der Waals surface area contributed by atoms with E-state index in [9.17, 15) is 14.0 Å². The number of nitrogens with one attached hydrogen (secondary N) is 2. The van der Waals surface area contributed by atoms with Gasteiger partial charge >= 0.3 is 0 Å². The minimum Gasteiger partial charge on any atom is -0.459 e. The van der Waals surface area contributed by atoms with Crippen LogP contribution in [-0.4, -0.2) is 11.8 Å². The predicted molar refractivity (Wildman–Crippen MR) is 95.4 cm³/mol. The summed E-state index contributed by atoms with van der Waals surface area (Å²) < 4.78 is 18.2. The lowest BCUT2D eigenvalue weighted by Crippen LogP contribution is -2.23. The van der Waals surface area contributed by atoms with Crippen LogP contribution in [0.2, 0.25) is 0 Å². The molecule has 5 nitrogen and oxygen atoms in total. The largest absolute Gasteiger partial charge is 0.459 e. The zero-order valence-corrected chi connectivity index (χ0v) is 14.1. The monoisotopic (exact) mass is 352 g/mol. The van der Waals surface area contributed by atoms with Crippen LogP contribution >= 0.6 is 0 Å². The molecule has 2 N–H and O–H groups in total. The molecule has 132 valence electrons. The molecule has 0 aliphatic carbocycles. The van der Waals surface area contributed by atoms with Crippen LogP contribution in [0.25, 0.3) is 0 Å². The maximum Gasteiger partial charge on any atom is 0.291 e. The van der Waals surface area contributed by atoms with Crippen LogP contribution < -0.4 is 10.6 Å². The van der Waals surface area contributed by atoms with Gasteiger partial charge in [0.05, 0.1) is 6.26 Å². The zero-order chi connectivity index (χ0) is 18.5. The Morgan fingerprint density at radius 2 is 1.88 bits per heavy atom. The number of hydrogen-bond donors (Lipinski definition) is 2. The maximum absolute atomic E-state index is 13.2. The van der Waals surface area contributed by atoms with Crippen LogP contribution in [0.1, 0.15) is 32.0 Å². The fourth-order valence-corrected chi connectivity index (χ4v) is 2.42. The first-order valence-electron chi connectivity index (χ1n) is 8.01. The van der Waals surface area contributed by atoms with Crippen molar-refractivity contribution in [2.75, 3.05) is 5.32 Å². The number of aryl methyl sites for hydroxylation is 1. The van der Waals surface area contributed by atoms with Crippen LogP contribution in [0.4, 0.5) is 10.1 Å². The average Bonchev–Trinajstić information content (AvgIpc) is 3.16. The molecule has 0 saturated heterocycles. The maximum atomic E-state index is 13.2. The molecule has 0 unspecified atom stereocenters. The lowest BCUT2D eigenvalue weighted by molar-refractivity contribution is 0.0949. The standard InChI is InChI=1S/C20H17FN2O3/c1-13-7-8-15(11-17(13)23-20(25)18-6-3-9-26-18)19(24)22-12-14-4-2-5-16(21)10-14/h2-11H,12H2,1H3,(H,22,24)(H,23,25). The van der Waals surface area contributed by atoms with Gasteiger partial charge in [0, 0.05) is 17.8 Å². The molecule has 0 fully saturated rings. The number of rotatable bonds is 5. The first-order valence-corrected chi connectivity index (χ1v) is 8.01. The number of hydrogen-bond acceptors (Lipinski definition) is 3. The first kappa shape index (κ1) is 17.4. The molecule has 1 heterocycles. The third-order valence-corrected chi connectivity index (χ3v) is 3.84. The van der Waals surface area contributed by atoms with Crippen LogP contribution in [-0.2, 0) is 6.54 Å². The molecule has 0 bridgehead atoms. The van der Waals surface area contributed by atoms with Crippen molar-refractivity contribution in [3.05, 3.63) is 89.1 Å². The second-order valence-corrected chi connectivity index (χ2v) is 5.77. The molecule has 1 aromatic heterocycles. The zero-order valence-electron chi connectivity index (χ0n) is 14.1. The summed E-state index contributed by atoms with van der Waals surface area (Å²) in [6.45, 7) is 2.03. The van der Waals surface area contributed by atoms with E-state index < -0.39 is 5.91 Å². The molecule has 0 aliphatic rings. The van der Waals surface area contributed by atoms with Crippen LogP contribution in [0, 0.1) is 12.7 Å². The Morgan fingerprint density at radius 1 is 1.04 bits per heavy atom. The number of furan rings is 1. The SMILES string of the molecule is Cc1ccc(C(=O)NCc2cccc(F)c2)cc1NC(=O)c1ccco1. The second-order valence-electron chi connectivity index (χ2n) is 5.77. The molecule has 0 saturated carbocycles. The Labute approximate surface area is 149 Å². The van der Waals surface area contributed by atoms with Crippen molar-refractivity contribution in [1.82, 2.24) is 5.32 Å². The third kappa shape index (κ3) is 4.16. The van der Waals surface area contributed by atoms with Crippen LogP contribution in [0.5, 0.6) is 0 Å². The minimum atomic E-state index is -0.393. The molecule has 2 aromatic carbocycles. The van der Waals surface area contributed by atoms with E-state index in [0.29, 0.717) is 16.8 Å².